The average molecular weight is 279 g/mol. The van der Waals surface area contributed by atoms with Gasteiger partial charge in [0, 0.05) is 12.6 Å². The molecule has 0 aromatic rings. The molecular weight excluding hydrogens is 256 g/mol. The molecule has 1 amide bonds. The van der Waals surface area contributed by atoms with Crippen LogP contribution in [0.5, 0.6) is 0 Å². The van der Waals surface area contributed by atoms with Gasteiger partial charge in [0.2, 0.25) is 5.91 Å². The summed E-state index contributed by atoms with van der Waals surface area (Å²) in [6.45, 7) is 9.79. The average Bonchev–Trinajstić information content (AvgIpc) is 2.09. The normalized spacial score (nSPS) is 12.3. The minimum absolute atomic E-state index is 0.0506. The first-order chi connectivity index (χ1) is 6.75. The summed E-state index contributed by atoms with van der Waals surface area (Å²) in [6.07, 6.45) is 0.990. The maximum absolute atomic E-state index is 11.5. The molecule has 0 aliphatic carbocycles. The van der Waals surface area contributed by atoms with E-state index in [1.807, 2.05) is 13.8 Å². The van der Waals surface area contributed by atoms with Crippen molar-refractivity contribution in [3.8, 4) is 0 Å². The molecule has 0 spiro atoms. The number of rotatable bonds is 6. The zero-order chi connectivity index (χ0) is 12.1. The molecule has 0 rings (SSSR count). The van der Waals surface area contributed by atoms with Gasteiger partial charge in [0.15, 0.2) is 0 Å². The van der Waals surface area contributed by atoms with Gasteiger partial charge in [-0.3, -0.25) is 4.79 Å². The highest BCUT2D eigenvalue weighted by Crippen LogP contribution is 2.14. The lowest BCUT2D eigenvalue weighted by molar-refractivity contribution is -0.122. The summed E-state index contributed by atoms with van der Waals surface area (Å²) in [5.74, 6) is 0.0506. The van der Waals surface area contributed by atoms with Crippen LogP contribution in [-0.4, -0.2) is 41.3 Å². The third-order valence-corrected chi connectivity index (χ3v) is 2.75. The number of hydrogen-bond donors (Lipinski definition) is 1. The van der Waals surface area contributed by atoms with E-state index >= 15 is 0 Å². The van der Waals surface area contributed by atoms with Gasteiger partial charge in [0.05, 0.1) is 4.32 Å². The molecule has 0 saturated heterocycles. The molecule has 0 radical (unpaired) electrons. The number of nitrogens with one attached hydrogen (secondary N) is 1. The van der Waals surface area contributed by atoms with Gasteiger partial charge in [-0.2, -0.15) is 0 Å². The van der Waals surface area contributed by atoms with Crippen LogP contribution in [0.3, 0.4) is 0 Å². The predicted octanol–water partition coefficient (Wildman–Crippen LogP) is 2.01. The first kappa shape index (κ1) is 14.9. The van der Waals surface area contributed by atoms with Gasteiger partial charge in [-0.05, 0) is 47.7 Å². The van der Waals surface area contributed by atoms with Gasteiger partial charge in [-0.15, -0.1) is 0 Å². The van der Waals surface area contributed by atoms with Crippen molar-refractivity contribution >= 4 is 21.8 Å². The van der Waals surface area contributed by atoms with E-state index in [1.165, 1.54) is 0 Å². The Morgan fingerprint density at radius 1 is 1.47 bits per heavy atom. The molecular formula is C11H23BrN2O. The van der Waals surface area contributed by atoms with Crippen LogP contribution in [0.25, 0.3) is 0 Å². The number of carbonyl (C=O) groups excluding carboxylic acids is 1. The summed E-state index contributed by atoms with van der Waals surface area (Å²) in [7, 11) is 2.10. The number of alkyl halides is 1. The molecule has 3 nitrogen and oxygen atoms in total. The van der Waals surface area contributed by atoms with Crippen molar-refractivity contribution in [3.63, 3.8) is 0 Å². The van der Waals surface area contributed by atoms with Crippen LogP contribution < -0.4 is 5.32 Å². The van der Waals surface area contributed by atoms with Crippen molar-refractivity contribution in [1.82, 2.24) is 10.2 Å². The highest BCUT2D eigenvalue weighted by molar-refractivity contribution is 9.10. The topological polar surface area (TPSA) is 32.3 Å². The summed E-state index contributed by atoms with van der Waals surface area (Å²) < 4.78 is -0.461. The fraction of sp³-hybridized carbons (Fsp3) is 0.909. The summed E-state index contributed by atoms with van der Waals surface area (Å²) >= 11 is 3.33. The second-order valence-electron chi connectivity index (χ2n) is 4.66. The van der Waals surface area contributed by atoms with Gasteiger partial charge >= 0.3 is 0 Å². The van der Waals surface area contributed by atoms with E-state index in [2.05, 4.69) is 47.0 Å². The Balaban J connectivity index is 3.60. The van der Waals surface area contributed by atoms with Crippen LogP contribution >= 0.6 is 15.9 Å². The molecule has 0 aromatic carbocycles. The van der Waals surface area contributed by atoms with Gasteiger partial charge in [0.1, 0.15) is 0 Å². The number of nitrogens with zero attached hydrogens (tertiary/aromatic N) is 1. The molecule has 1 N–H and O–H groups in total. The molecule has 90 valence electrons. The second kappa shape index (κ2) is 6.48. The molecule has 15 heavy (non-hydrogen) atoms. The zero-order valence-electron chi connectivity index (χ0n) is 10.4. The molecule has 0 saturated carbocycles. The minimum Gasteiger partial charge on any atom is -0.355 e. The Kier molecular flexibility index (Phi) is 6.44. The third kappa shape index (κ3) is 6.90. The van der Waals surface area contributed by atoms with Crippen molar-refractivity contribution in [2.45, 2.75) is 44.5 Å². The van der Waals surface area contributed by atoms with Crippen LogP contribution in [0, 0.1) is 0 Å². The maximum atomic E-state index is 11.5. The number of carbonyl (C=O) groups is 1. The van der Waals surface area contributed by atoms with Gasteiger partial charge in [0.25, 0.3) is 0 Å². The first-order valence-electron chi connectivity index (χ1n) is 5.42. The Bertz CT molecular complexity index is 199. The lowest BCUT2D eigenvalue weighted by atomic mass is 10.2. The van der Waals surface area contributed by atoms with Crippen LogP contribution in [0.15, 0.2) is 0 Å². The Morgan fingerprint density at radius 3 is 2.40 bits per heavy atom. The smallest absolute Gasteiger partial charge is 0.236 e. The zero-order valence-corrected chi connectivity index (χ0v) is 12.0. The Hall–Kier alpha value is -0.0900. The maximum Gasteiger partial charge on any atom is 0.236 e. The molecule has 0 heterocycles. The largest absolute Gasteiger partial charge is 0.355 e. The van der Waals surface area contributed by atoms with Crippen LogP contribution in [-0.2, 0) is 4.79 Å². The highest BCUT2D eigenvalue weighted by Gasteiger charge is 2.22. The van der Waals surface area contributed by atoms with Crippen molar-refractivity contribution in [3.05, 3.63) is 0 Å². The molecule has 0 unspecified atom stereocenters. The molecule has 0 fully saturated rings. The number of halogens is 1. The molecule has 4 heteroatoms. The molecule has 0 aliphatic rings. The van der Waals surface area contributed by atoms with E-state index in [4.69, 9.17) is 0 Å². The van der Waals surface area contributed by atoms with Gasteiger partial charge in [-0.1, -0.05) is 15.9 Å². The SMILES string of the molecule is CC(C)N(C)CCCNC(=O)C(C)(C)Br. The van der Waals surface area contributed by atoms with E-state index in [-0.39, 0.29) is 5.91 Å². The quantitative estimate of drug-likeness (QED) is 0.596. The van der Waals surface area contributed by atoms with Crippen molar-refractivity contribution in [2.75, 3.05) is 20.1 Å². The second-order valence-corrected chi connectivity index (χ2v) is 6.64. The molecule has 0 bridgehead atoms. The van der Waals surface area contributed by atoms with Crippen LogP contribution in [0.2, 0.25) is 0 Å². The highest BCUT2D eigenvalue weighted by atomic mass is 79.9. The molecule has 0 atom stereocenters. The van der Waals surface area contributed by atoms with Crippen molar-refractivity contribution < 1.29 is 4.79 Å². The summed E-state index contributed by atoms with van der Waals surface area (Å²) in [5, 5.41) is 2.90. The van der Waals surface area contributed by atoms with E-state index in [9.17, 15) is 4.79 Å². The Morgan fingerprint density at radius 2 is 2.00 bits per heavy atom. The van der Waals surface area contributed by atoms with Crippen LogP contribution in [0.1, 0.15) is 34.1 Å². The standard InChI is InChI=1S/C11H23BrN2O/c1-9(2)14(5)8-6-7-13-10(15)11(3,4)12/h9H,6-8H2,1-5H3,(H,13,15). The summed E-state index contributed by atoms with van der Waals surface area (Å²) in [6, 6.07) is 0.563. The number of amides is 1. The van der Waals surface area contributed by atoms with E-state index < -0.39 is 4.32 Å². The molecule has 0 aromatic heterocycles. The van der Waals surface area contributed by atoms with E-state index in [1.54, 1.807) is 0 Å². The fourth-order valence-corrected chi connectivity index (χ4v) is 1.14. The van der Waals surface area contributed by atoms with Gasteiger partial charge < -0.3 is 10.2 Å². The van der Waals surface area contributed by atoms with Crippen molar-refractivity contribution in [1.29, 1.82) is 0 Å². The van der Waals surface area contributed by atoms with Crippen molar-refractivity contribution in [2.24, 2.45) is 0 Å². The van der Waals surface area contributed by atoms with Crippen LogP contribution in [0.4, 0.5) is 0 Å². The first-order valence-corrected chi connectivity index (χ1v) is 6.22. The number of hydrogen-bond acceptors (Lipinski definition) is 2. The lowest BCUT2D eigenvalue weighted by Crippen LogP contribution is -2.39. The Labute approximate surface area is 102 Å². The minimum atomic E-state index is -0.461. The van der Waals surface area contributed by atoms with E-state index in [0.717, 1.165) is 19.5 Å². The molecule has 0 aliphatic heterocycles. The third-order valence-electron chi connectivity index (χ3n) is 2.39. The lowest BCUT2D eigenvalue weighted by Gasteiger charge is -2.21. The van der Waals surface area contributed by atoms with Gasteiger partial charge in [-0.25, -0.2) is 0 Å². The predicted molar refractivity (Wildman–Crippen MR) is 68.4 cm³/mol. The summed E-state index contributed by atoms with van der Waals surface area (Å²) in [5.41, 5.74) is 0. The monoisotopic (exact) mass is 278 g/mol. The fourth-order valence-electron chi connectivity index (χ4n) is 0.999. The van der Waals surface area contributed by atoms with E-state index in [0.29, 0.717) is 6.04 Å². The summed E-state index contributed by atoms with van der Waals surface area (Å²) in [4.78, 5) is 13.7.